The summed E-state index contributed by atoms with van der Waals surface area (Å²) in [6.45, 7) is 0. The Morgan fingerprint density at radius 3 is 0.818 bits per heavy atom. The minimum absolute atomic E-state index is 0. The Kier molecular flexibility index (Phi) is 8.10. The van der Waals surface area contributed by atoms with Gasteiger partial charge in [0.05, 0.1) is 0 Å². The first-order valence-electron chi connectivity index (χ1n) is 3.35. The molecule has 0 bridgehead atoms. The largest absolute Gasteiger partial charge is 0.147 e. The molecule has 0 unspecified atom stereocenters. The van der Waals surface area contributed by atoms with Gasteiger partial charge in [-0.05, 0) is 0 Å². The molecule has 69 valence electrons. The Morgan fingerprint density at radius 2 is 0.818 bits per heavy atom. The van der Waals surface area contributed by atoms with Crippen molar-refractivity contribution in [3.8, 4) is 0 Å². The van der Waals surface area contributed by atoms with E-state index < -0.39 is 15.0 Å². The molecule has 0 aromatic heterocycles. The van der Waals surface area contributed by atoms with Crippen LogP contribution in [0.4, 0.5) is 0 Å². The maximum Gasteiger partial charge on any atom is -0.147 e. The van der Waals surface area contributed by atoms with Crippen molar-refractivity contribution in [2.75, 3.05) is 42.3 Å². The predicted molar refractivity (Wildman–Crippen MR) is 54.1 cm³/mol. The van der Waals surface area contributed by atoms with Gasteiger partial charge in [-0.3, -0.25) is 0 Å². The van der Waals surface area contributed by atoms with E-state index in [2.05, 4.69) is 53.9 Å². The summed E-state index contributed by atoms with van der Waals surface area (Å²) in [7, 11) is 12.9. The molecule has 0 amide bonds. The molecule has 0 heterocycles. The quantitative estimate of drug-likeness (QED) is 0.648. The molecule has 0 N–H and O–H groups in total. The van der Waals surface area contributed by atoms with Gasteiger partial charge >= 0.3 is 68.9 Å². The molecule has 0 aromatic rings. The minimum atomic E-state index is -1.22. The van der Waals surface area contributed by atoms with Crippen molar-refractivity contribution in [1.29, 1.82) is 0 Å². The van der Waals surface area contributed by atoms with E-state index in [9.17, 15) is 0 Å². The summed E-state index contributed by atoms with van der Waals surface area (Å²) in [5.41, 5.74) is 0. The van der Waals surface area contributed by atoms with Gasteiger partial charge in [0.25, 0.3) is 0 Å². The number of nitrogens with zero attached hydrogens (tertiary/aromatic N) is 3. The summed E-state index contributed by atoms with van der Waals surface area (Å²) in [6.07, 6.45) is 0. The van der Waals surface area contributed by atoms with E-state index in [4.69, 9.17) is 0 Å². The molecular formula is C6H19ClGeN3. The Hall–Kier alpha value is 0.713. The number of hydrogen-bond acceptors (Lipinski definition) is 3. The van der Waals surface area contributed by atoms with Gasteiger partial charge in [0.1, 0.15) is 0 Å². The van der Waals surface area contributed by atoms with Crippen LogP contribution in [0.3, 0.4) is 0 Å². The van der Waals surface area contributed by atoms with Crippen LogP contribution < -0.4 is 0 Å². The second kappa shape index (κ2) is 6.25. The first-order chi connectivity index (χ1) is 4.46. The van der Waals surface area contributed by atoms with Crippen LogP contribution in [0.15, 0.2) is 0 Å². The fourth-order valence-electron chi connectivity index (χ4n) is 1.20. The molecule has 1 radical (unpaired) electrons. The van der Waals surface area contributed by atoms with Crippen LogP contribution in [0.1, 0.15) is 0 Å². The molecule has 0 fully saturated rings. The van der Waals surface area contributed by atoms with Gasteiger partial charge in [0.2, 0.25) is 0 Å². The fourth-order valence-corrected chi connectivity index (χ4v) is 6.24. The maximum atomic E-state index is 2.33. The van der Waals surface area contributed by atoms with Crippen molar-refractivity contribution >= 4 is 27.4 Å². The molecule has 0 aliphatic carbocycles. The molecule has 0 rings (SSSR count). The molecule has 0 aliphatic rings. The van der Waals surface area contributed by atoms with E-state index in [1.165, 1.54) is 0 Å². The molecule has 0 saturated heterocycles. The number of hydrogen-bond donors (Lipinski definition) is 0. The minimum Gasteiger partial charge on any atom is -0.147 e. The number of halogens is 1. The Bertz CT molecular complexity index is 78.8. The van der Waals surface area contributed by atoms with E-state index in [0.29, 0.717) is 0 Å². The van der Waals surface area contributed by atoms with Gasteiger partial charge < -0.3 is 0 Å². The molecule has 0 aliphatic heterocycles. The molecule has 11 heavy (non-hydrogen) atoms. The summed E-state index contributed by atoms with van der Waals surface area (Å²) >= 11 is -1.22. The van der Waals surface area contributed by atoms with E-state index in [0.717, 1.165) is 0 Å². The monoisotopic (exact) mass is 242 g/mol. The van der Waals surface area contributed by atoms with Crippen molar-refractivity contribution in [3.05, 3.63) is 0 Å². The first-order valence-corrected chi connectivity index (χ1v) is 6.17. The molecule has 0 saturated carbocycles. The van der Waals surface area contributed by atoms with Crippen LogP contribution >= 0.6 is 12.4 Å². The zero-order valence-electron chi connectivity index (χ0n) is 8.25. The van der Waals surface area contributed by atoms with Crippen LogP contribution in [-0.4, -0.2) is 68.9 Å². The number of rotatable bonds is 3. The van der Waals surface area contributed by atoms with E-state index in [-0.39, 0.29) is 12.4 Å². The summed E-state index contributed by atoms with van der Waals surface area (Å²) in [5.74, 6) is 0. The molecule has 0 atom stereocenters. The normalized spacial score (nSPS) is 11.5. The fraction of sp³-hybridized carbons (Fsp3) is 1.00. The van der Waals surface area contributed by atoms with E-state index >= 15 is 0 Å². The molecule has 3 nitrogen and oxygen atoms in total. The first kappa shape index (κ1) is 14.2. The zero-order valence-corrected chi connectivity index (χ0v) is 11.2. The van der Waals surface area contributed by atoms with Gasteiger partial charge in [0, 0.05) is 0 Å². The van der Waals surface area contributed by atoms with Crippen LogP contribution in [0.5, 0.6) is 0 Å². The Labute approximate surface area is 81.5 Å². The van der Waals surface area contributed by atoms with Crippen LogP contribution in [0, 0.1) is 0 Å². The van der Waals surface area contributed by atoms with E-state index in [1.807, 2.05) is 0 Å². The second-order valence-corrected chi connectivity index (χ2v) is 9.87. The average Bonchev–Trinajstić information content (AvgIpc) is 1.59. The van der Waals surface area contributed by atoms with Gasteiger partial charge in [-0.25, -0.2) is 0 Å². The molecule has 0 aromatic carbocycles. The van der Waals surface area contributed by atoms with Crippen molar-refractivity contribution < 1.29 is 0 Å². The Morgan fingerprint density at radius 1 is 0.636 bits per heavy atom. The third-order valence-corrected chi connectivity index (χ3v) is 6.24. The van der Waals surface area contributed by atoms with E-state index in [1.54, 1.807) is 0 Å². The summed E-state index contributed by atoms with van der Waals surface area (Å²) < 4.78 is 7.00. The van der Waals surface area contributed by atoms with Crippen LogP contribution in [0.25, 0.3) is 0 Å². The van der Waals surface area contributed by atoms with Crippen LogP contribution in [-0.2, 0) is 0 Å². The second-order valence-electron chi connectivity index (χ2n) is 2.98. The summed E-state index contributed by atoms with van der Waals surface area (Å²) in [6, 6.07) is 0. The van der Waals surface area contributed by atoms with Gasteiger partial charge in [-0.1, -0.05) is 0 Å². The van der Waals surface area contributed by atoms with Gasteiger partial charge in [-0.2, -0.15) is 0 Å². The third-order valence-electron chi connectivity index (χ3n) is 1.20. The zero-order chi connectivity index (χ0) is 8.31. The molecular weight excluding hydrogens is 222 g/mol. The van der Waals surface area contributed by atoms with Crippen molar-refractivity contribution in [2.45, 2.75) is 0 Å². The van der Waals surface area contributed by atoms with Crippen molar-refractivity contribution in [3.63, 3.8) is 0 Å². The maximum absolute atomic E-state index is 2.33. The molecule has 5 heteroatoms. The predicted octanol–water partition coefficient (Wildman–Crippen LogP) is 0.0779. The van der Waals surface area contributed by atoms with Crippen LogP contribution in [0.2, 0.25) is 0 Å². The Balaban J connectivity index is 0. The average molecular weight is 241 g/mol. The van der Waals surface area contributed by atoms with Crippen molar-refractivity contribution in [2.24, 2.45) is 0 Å². The SMILES string of the molecule is C[N](C)[Ge]([N](C)C)[N](C)C.Cl. The summed E-state index contributed by atoms with van der Waals surface area (Å²) in [5, 5.41) is 0. The standard InChI is InChI=1S/C6H18GeN3.ClH/c1-8(2)7(9(3)4)10(5)6;/h1-6H3;1H. The van der Waals surface area contributed by atoms with Gasteiger partial charge in [0.15, 0.2) is 0 Å². The third kappa shape index (κ3) is 5.03. The topological polar surface area (TPSA) is 9.72 Å². The van der Waals surface area contributed by atoms with Crippen molar-refractivity contribution in [1.82, 2.24) is 11.6 Å². The van der Waals surface area contributed by atoms with Gasteiger partial charge in [-0.15, -0.1) is 12.4 Å². The molecule has 0 spiro atoms. The summed E-state index contributed by atoms with van der Waals surface area (Å²) in [4.78, 5) is 0. The smallest absolute Gasteiger partial charge is 0.147 e.